The second-order valence-electron chi connectivity index (χ2n) is 3.81. The van der Waals surface area contributed by atoms with Gasteiger partial charge in [-0.3, -0.25) is 4.79 Å². The predicted molar refractivity (Wildman–Crippen MR) is 72.9 cm³/mol. The Morgan fingerprint density at radius 3 is 2.47 bits per heavy atom. The van der Waals surface area contributed by atoms with Crippen molar-refractivity contribution in [1.29, 1.82) is 0 Å². The molecule has 2 aromatic rings. The zero-order chi connectivity index (χ0) is 14.0. The molecule has 0 heterocycles. The summed E-state index contributed by atoms with van der Waals surface area (Å²) in [5, 5.41) is 2.46. The number of halogens is 3. The maximum Gasteiger partial charge on any atom is 0.257 e. The lowest BCUT2D eigenvalue weighted by molar-refractivity contribution is 0.102. The lowest BCUT2D eigenvalue weighted by Gasteiger charge is -2.09. The van der Waals surface area contributed by atoms with E-state index in [1.54, 1.807) is 0 Å². The van der Waals surface area contributed by atoms with E-state index in [4.69, 9.17) is 5.73 Å². The monoisotopic (exact) mass is 326 g/mol. The van der Waals surface area contributed by atoms with Gasteiger partial charge in [-0.2, -0.15) is 0 Å². The van der Waals surface area contributed by atoms with Crippen molar-refractivity contribution in [2.24, 2.45) is 0 Å². The standard InChI is InChI=1S/C13H9BrF2N2O/c14-10-3-1-8(16)6-12(10)18-13(19)9-5-7(15)2-4-11(9)17/h1-6H,17H2,(H,18,19). The minimum atomic E-state index is -0.608. The first-order valence-electron chi connectivity index (χ1n) is 5.29. The highest BCUT2D eigenvalue weighted by molar-refractivity contribution is 9.10. The van der Waals surface area contributed by atoms with E-state index in [0.717, 1.165) is 18.2 Å². The lowest BCUT2D eigenvalue weighted by atomic mass is 10.1. The highest BCUT2D eigenvalue weighted by Gasteiger charge is 2.13. The molecule has 0 saturated heterocycles. The van der Waals surface area contributed by atoms with Crippen LogP contribution in [0.4, 0.5) is 20.2 Å². The molecule has 0 unspecified atom stereocenters. The summed E-state index contributed by atoms with van der Waals surface area (Å²) in [5.74, 6) is -1.67. The van der Waals surface area contributed by atoms with Crippen molar-refractivity contribution < 1.29 is 13.6 Å². The summed E-state index contributed by atoms with van der Waals surface area (Å²) in [6.45, 7) is 0. The van der Waals surface area contributed by atoms with Gasteiger partial charge in [0.05, 0.1) is 11.3 Å². The van der Waals surface area contributed by atoms with Crippen molar-refractivity contribution in [2.75, 3.05) is 11.1 Å². The Kier molecular flexibility index (Phi) is 3.80. The summed E-state index contributed by atoms with van der Waals surface area (Å²) in [5.41, 5.74) is 5.98. The number of nitrogens with two attached hydrogens (primary N) is 1. The van der Waals surface area contributed by atoms with Crippen LogP contribution < -0.4 is 11.1 Å². The Bertz CT molecular complexity index is 647. The van der Waals surface area contributed by atoms with Crippen molar-refractivity contribution in [3.63, 3.8) is 0 Å². The minimum Gasteiger partial charge on any atom is -0.398 e. The van der Waals surface area contributed by atoms with Gasteiger partial charge in [0.25, 0.3) is 5.91 Å². The van der Waals surface area contributed by atoms with E-state index in [1.165, 1.54) is 18.2 Å². The number of rotatable bonds is 2. The van der Waals surface area contributed by atoms with Crippen LogP contribution in [-0.4, -0.2) is 5.91 Å². The molecule has 0 aliphatic heterocycles. The van der Waals surface area contributed by atoms with Gasteiger partial charge < -0.3 is 11.1 Å². The largest absolute Gasteiger partial charge is 0.398 e. The highest BCUT2D eigenvalue weighted by atomic mass is 79.9. The third-order valence-electron chi connectivity index (χ3n) is 2.44. The highest BCUT2D eigenvalue weighted by Crippen LogP contribution is 2.24. The normalized spacial score (nSPS) is 10.3. The molecule has 6 heteroatoms. The molecule has 0 saturated carbocycles. The topological polar surface area (TPSA) is 55.1 Å². The zero-order valence-electron chi connectivity index (χ0n) is 9.58. The Balaban J connectivity index is 2.30. The zero-order valence-corrected chi connectivity index (χ0v) is 11.2. The number of amides is 1. The van der Waals surface area contributed by atoms with Gasteiger partial charge in [0, 0.05) is 10.2 Å². The van der Waals surface area contributed by atoms with E-state index in [-0.39, 0.29) is 16.9 Å². The van der Waals surface area contributed by atoms with Crippen molar-refractivity contribution >= 4 is 33.2 Å². The Hall–Kier alpha value is -1.95. The number of benzene rings is 2. The molecule has 3 nitrogen and oxygen atoms in total. The number of nitrogen functional groups attached to an aromatic ring is 1. The fourth-order valence-corrected chi connectivity index (χ4v) is 1.85. The SMILES string of the molecule is Nc1ccc(F)cc1C(=O)Nc1cc(F)ccc1Br. The van der Waals surface area contributed by atoms with E-state index < -0.39 is 17.5 Å². The first-order valence-corrected chi connectivity index (χ1v) is 6.08. The summed E-state index contributed by atoms with van der Waals surface area (Å²) in [6, 6.07) is 7.33. The van der Waals surface area contributed by atoms with Crippen LogP contribution in [0.25, 0.3) is 0 Å². The summed E-state index contributed by atoms with van der Waals surface area (Å²) in [6.07, 6.45) is 0. The average Bonchev–Trinajstić information content (AvgIpc) is 2.36. The molecule has 2 rings (SSSR count). The number of carbonyl (C=O) groups excluding carboxylic acids is 1. The van der Waals surface area contributed by atoms with E-state index >= 15 is 0 Å². The molecule has 0 aliphatic rings. The second kappa shape index (κ2) is 5.36. The first-order chi connectivity index (χ1) is 8.97. The van der Waals surface area contributed by atoms with E-state index in [0.29, 0.717) is 4.47 Å². The van der Waals surface area contributed by atoms with Crippen molar-refractivity contribution in [2.45, 2.75) is 0 Å². The summed E-state index contributed by atoms with van der Waals surface area (Å²) >= 11 is 3.18. The van der Waals surface area contributed by atoms with Crippen LogP contribution in [0.2, 0.25) is 0 Å². The molecule has 2 aromatic carbocycles. The van der Waals surface area contributed by atoms with Crippen LogP contribution in [0.3, 0.4) is 0 Å². The molecule has 0 aromatic heterocycles. The van der Waals surface area contributed by atoms with E-state index in [1.807, 2.05) is 0 Å². The molecule has 1 amide bonds. The number of carbonyl (C=O) groups is 1. The number of nitrogens with one attached hydrogen (secondary N) is 1. The van der Waals surface area contributed by atoms with Crippen LogP contribution in [0.15, 0.2) is 40.9 Å². The van der Waals surface area contributed by atoms with Gasteiger partial charge in [0.1, 0.15) is 11.6 Å². The molecule has 0 fully saturated rings. The molecule has 98 valence electrons. The summed E-state index contributed by atoms with van der Waals surface area (Å²) in [4.78, 5) is 11.9. The third kappa shape index (κ3) is 3.08. The van der Waals surface area contributed by atoms with E-state index in [9.17, 15) is 13.6 Å². The maximum absolute atomic E-state index is 13.1. The smallest absolute Gasteiger partial charge is 0.257 e. The average molecular weight is 327 g/mol. The fraction of sp³-hybridized carbons (Fsp3) is 0. The van der Waals surface area contributed by atoms with Crippen molar-refractivity contribution in [3.05, 3.63) is 58.1 Å². The minimum absolute atomic E-state index is 0.00355. The fourth-order valence-electron chi connectivity index (χ4n) is 1.51. The van der Waals surface area contributed by atoms with Crippen molar-refractivity contribution in [1.82, 2.24) is 0 Å². The lowest BCUT2D eigenvalue weighted by Crippen LogP contribution is -2.14. The van der Waals surface area contributed by atoms with Gasteiger partial charge in [-0.15, -0.1) is 0 Å². The summed E-state index contributed by atoms with van der Waals surface area (Å²) < 4.78 is 26.7. The van der Waals surface area contributed by atoms with Crippen LogP contribution in [-0.2, 0) is 0 Å². The van der Waals surface area contributed by atoms with Gasteiger partial charge in [-0.25, -0.2) is 8.78 Å². The molecule has 0 aliphatic carbocycles. The molecule has 3 N–H and O–H groups in total. The van der Waals surface area contributed by atoms with Gasteiger partial charge in [-0.05, 0) is 52.3 Å². The quantitative estimate of drug-likeness (QED) is 0.829. The number of hydrogen-bond acceptors (Lipinski definition) is 2. The third-order valence-corrected chi connectivity index (χ3v) is 3.13. The summed E-state index contributed by atoms with van der Waals surface area (Å²) in [7, 11) is 0. The Morgan fingerprint density at radius 1 is 1.11 bits per heavy atom. The van der Waals surface area contributed by atoms with Gasteiger partial charge >= 0.3 is 0 Å². The van der Waals surface area contributed by atoms with Gasteiger partial charge in [0.2, 0.25) is 0 Å². The molecular formula is C13H9BrF2N2O. The second-order valence-corrected chi connectivity index (χ2v) is 4.66. The van der Waals surface area contributed by atoms with Gasteiger partial charge in [-0.1, -0.05) is 0 Å². The molecular weight excluding hydrogens is 318 g/mol. The Morgan fingerprint density at radius 2 is 1.74 bits per heavy atom. The molecule has 0 atom stereocenters. The molecule has 0 radical (unpaired) electrons. The van der Waals surface area contributed by atoms with Crippen LogP contribution >= 0.6 is 15.9 Å². The first kappa shape index (κ1) is 13.5. The Labute approximate surface area is 116 Å². The maximum atomic E-state index is 13.1. The van der Waals surface area contributed by atoms with Crippen LogP contribution in [0, 0.1) is 11.6 Å². The number of anilines is 2. The van der Waals surface area contributed by atoms with E-state index in [2.05, 4.69) is 21.2 Å². The van der Waals surface area contributed by atoms with Gasteiger partial charge in [0.15, 0.2) is 0 Å². The van der Waals surface area contributed by atoms with Crippen molar-refractivity contribution in [3.8, 4) is 0 Å². The number of hydrogen-bond donors (Lipinski definition) is 2. The molecule has 19 heavy (non-hydrogen) atoms. The van der Waals surface area contributed by atoms with Crippen LogP contribution in [0.1, 0.15) is 10.4 Å². The predicted octanol–water partition coefficient (Wildman–Crippen LogP) is 3.56. The van der Waals surface area contributed by atoms with Crippen LogP contribution in [0.5, 0.6) is 0 Å². The molecule has 0 spiro atoms. The molecule has 0 bridgehead atoms.